The number of halogens is 3. The number of hydrogen-bond donors (Lipinski definition) is 0. The molecule has 0 bridgehead atoms. The standard InChI is InChI=1S/C22H19F3N6O/c1-15-13-16(2)31(29-15)20-26-19(27-21(28-20)32-14-22(23,24)25)30(17-9-5-3-6-10-17)18-11-7-4-8-12-18/h3-13H,14H2,1-2H3. The van der Waals surface area contributed by atoms with E-state index in [1.54, 1.807) is 18.7 Å². The third kappa shape index (κ3) is 4.85. The van der Waals surface area contributed by atoms with E-state index in [1.165, 1.54) is 4.68 Å². The Morgan fingerprint density at radius 2 is 1.47 bits per heavy atom. The van der Waals surface area contributed by atoms with E-state index < -0.39 is 18.8 Å². The highest BCUT2D eigenvalue weighted by molar-refractivity contribution is 5.72. The van der Waals surface area contributed by atoms with Gasteiger partial charge in [-0.2, -0.15) is 33.2 Å². The van der Waals surface area contributed by atoms with Crippen LogP contribution in [0.25, 0.3) is 5.95 Å². The van der Waals surface area contributed by atoms with Crippen LogP contribution >= 0.6 is 0 Å². The maximum absolute atomic E-state index is 12.8. The largest absolute Gasteiger partial charge is 0.454 e. The molecule has 0 N–H and O–H groups in total. The summed E-state index contributed by atoms with van der Waals surface area (Å²) in [4.78, 5) is 14.5. The summed E-state index contributed by atoms with van der Waals surface area (Å²) in [6.07, 6.45) is -4.54. The Kier molecular flexibility index (Phi) is 5.76. The van der Waals surface area contributed by atoms with E-state index in [-0.39, 0.29) is 11.9 Å². The molecule has 0 fully saturated rings. The van der Waals surface area contributed by atoms with Gasteiger partial charge in [-0.3, -0.25) is 4.90 Å². The van der Waals surface area contributed by atoms with Crippen LogP contribution in [0.5, 0.6) is 6.01 Å². The van der Waals surface area contributed by atoms with Crippen LogP contribution in [-0.2, 0) is 0 Å². The minimum atomic E-state index is -4.54. The van der Waals surface area contributed by atoms with Gasteiger partial charge in [0.1, 0.15) is 0 Å². The van der Waals surface area contributed by atoms with E-state index >= 15 is 0 Å². The summed E-state index contributed by atoms with van der Waals surface area (Å²) < 4.78 is 44.7. The van der Waals surface area contributed by atoms with Gasteiger partial charge in [-0.25, -0.2) is 4.68 Å². The molecule has 0 spiro atoms. The fourth-order valence-corrected chi connectivity index (χ4v) is 3.11. The molecule has 7 nitrogen and oxygen atoms in total. The molecule has 2 heterocycles. The Balaban J connectivity index is 1.88. The van der Waals surface area contributed by atoms with Gasteiger partial charge >= 0.3 is 12.2 Å². The maximum Gasteiger partial charge on any atom is 0.422 e. The van der Waals surface area contributed by atoms with Gasteiger partial charge < -0.3 is 4.74 Å². The van der Waals surface area contributed by atoms with Crippen LogP contribution in [0.4, 0.5) is 30.5 Å². The van der Waals surface area contributed by atoms with Crippen LogP contribution in [0, 0.1) is 13.8 Å². The number of rotatable bonds is 6. The number of anilines is 3. The van der Waals surface area contributed by atoms with Crippen molar-refractivity contribution in [3.8, 4) is 12.0 Å². The average molecular weight is 440 g/mol. The molecular weight excluding hydrogens is 421 g/mol. The molecule has 0 saturated heterocycles. The van der Waals surface area contributed by atoms with Crippen molar-refractivity contribution in [2.24, 2.45) is 0 Å². The molecule has 0 aliphatic carbocycles. The monoisotopic (exact) mass is 440 g/mol. The first kappa shape index (κ1) is 21.3. The fraction of sp³-hybridized carbons (Fsp3) is 0.182. The molecular formula is C22H19F3N6O. The molecule has 0 atom stereocenters. The lowest BCUT2D eigenvalue weighted by Gasteiger charge is -2.23. The van der Waals surface area contributed by atoms with Crippen LogP contribution in [0.15, 0.2) is 66.7 Å². The van der Waals surface area contributed by atoms with Gasteiger partial charge in [0.2, 0.25) is 5.95 Å². The van der Waals surface area contributed by atoms with E-state index in [2.05, 4.69) is 20.1 Å². The molecule has 0 radical (unpaired) electrons. The molecule has 0 unspecified atom stereocenters. The lowest BCUT2D eigenvalue weighted by molar-refractivity contribution is -0.154. The number of ether oxygens (including phenoxy) is 1. The second kappa shape index (κ2) is 8.66. The Hall–Kier alpha value is -3.95. The lowest BCUT2D eigenvalue weighted by atomic mass is 10.2. The normalized spacial score (nSPS) is 11.4. The van der Waals surface area contributed by atoms with Gasteiger partial charge in [0.05, 0.1) is 5.69 Å². The van der Waals surface area contributed by atoms with Crippen molar-refractivity contribution >= 4 is 17.3 Å². The zero-order valence-corrected chi connectivity index (χ0v) is 17.3. The molecule has 164 valence electrons. The van der Waals surface area contributed by atoms with Gasteiger partial charge in [0.25, 0.3) is 5.95 Å². The Morgan fingerprint density at radius 1 is 0.875 bits per heavy atom. The molecule has 0 aliphatic rings. The fourth-order valence-electron chi connectivity index (χ4n) is 3.11. The summed E-state index contributed by atoms with van der Waals surface area (Å²) >= 11 is 0. The third-order valence-electron chi connectivity index (χ3n) is 4.38. The van der Waals surface area contributed by atoms with Gasteiger partial charge in [-0.05, 0) is 44.2 Å². The van der Waals surface area contributed by atoms with Crippen molar-refractivity contribution < 1.29 is 17.9 Å². The first-order valence-corrected chi connectivity index (χ1v) is 9.70. The van der Waals surface area contributed by atoms with Crippen LogP contribution in [0.2, 0.25) is 0 Å². The molecule has 4 rings (SSSR count). The predicted molar refractivity (Wildman–Crippen MR) is 113 cm³/mol. The van der Waals surface area contributed by atoms with Crippen molar-refractivity contribution in [3.05, 3.63) is 78.1 Å². The number of aryl methyl sites for hydroxylation is 2. The molecule has 32 heavy (non-hydrogen) atoms. The maximum atomic E-state index is 12.8. The van der Waals surface area contributed by atoms with Crippen molar-refractivity contribution in [1.29, 1.82) is 0 Å². The second-order valence-electron chi connectivity index (χ2n) is 6.97. The Morgan fingerprint density at radius 3 is 1.97 bits per heavy atom. The van der Waals surface area contributed by atoms with E-state index in [0.29, 0.717) is 22.8 Å². The zero-order chi connectivity index (χ0) is 22.7. The SMILES string of the molecule is Cc1cc(C)n(-c2nc(OCC(F)(F)F)nc(N(c3ccccc3)c3ccccc3)n2)n1. The molecule has 0 amide bonds. The van der Waals surface area contributed by atoms with Gasteiger partial charge in [0, 0.05) is 17.1 Å². The average Bonchev–Trinajstić information content (AvgIpc) is 3.11. The van der Waals surface area contributed by atoms with Crippen LogP contribution in [-0.4, -0.2) is 37.5 Å². The van der Waals surface area contributed by atoms with Gasteiger partial charge in [0.15, 0.2) is 6.61 Å². The summed E-state index contributed by atoms with van der Waals surface area (Å²) in [5.41, 5.74) is 2.86. The highest BCUT2D eigenvalue weighted by Gasteiger charge is 2.30. The molecule has 0 saturated carbocycles. The van der Waals surface area contributed by atoms with E-state index in [4.69, 9.17) is 4.74 Å². The van der Waals surface area contributed by atoms with Crippen LogP contribution in [0.3, 0.4) is 0 Å². The highest BCUT2D eigenvalue weighted by atomic mass is 19.4. The summed E-state index contributed by atoms with van der Waals surface area (Å²) in [7, 11) is 0. The summed E-state index contributed by atoms with van der Waals surface area (Å²) in [5, 5.41) is 4.34. The van der Waals surface area contributed by atoms with Crippen LogP contribution in [0.1, 0.15) is 11.4 Å². The van der Waals surface area contributed by atoms with E-state index in [9.17, 15) is 13.2 Å². The minimum absolute atomic E-state index is 0.0506. The molecule has 2 aromatic heterocycles. The summed E-state index contributed by atoms with van der Waals surface area (Å²) in [6.45, 7) is 2.07. The van der Waals surface area contributed by atoms with Crippen LogP contribution < -0.4 is 9.64 Å². The van der Waals surface area contributed by atoms with Crippen molar-refractivity contribution in [3.63, 3.8) is 0 Å². The number of aromatic nitrogens is 5. The predicted octanol–water partition coefficient (Wildman–Crippen LogP) is 5.09. The third-order valence-corrected chi connectivity index (χ3v) is 4.38. The number of hydrogen-bond acceptors (Lipinski definition) is 6. The van der Waals surface area contributed by atoms with Gasteiger partial charge in [-0.15, -0.1) is 0 Å². The highest BCUT2D eigenvalue weighted by Crippen LogP contribution is 2.33. The Labute approximate surface area is 182 Å². The summed E-state index contributed by atoms with van der Waals surface area (Å²) in [6, 6.07) is 19.8. The van der Waals surface area contributed by atoms with Crippen molar-refractivity contribution in [2.45, 2.75) is 20.0 Å². The number of alkyl halides is 3. The first-order chi connectivity index (χ1) is 15.3. The van der Waals surface area contributed by atoms with Gasteiger partial charge in [-0.1, -0.05) is 36.4 Å². The molecule has 0 aliphatic heterocycles. The number of benzene rings is 2. The topological polar surface area (TPSA) is 69.0 Å². The van der Waals surface area contributed by atoms with Crippen molar-refractivity contribution in [1.82, 2.24) is 24.7 Å². The van der Waals surface area contributed by atoms with E-state index in [0.717, 1.165) is 0 Å². The quantitative estimate of drug-likeness (QED) is 0.416. The zero-order valence-electron chi connectivity index (χ0n) is 17.3. The lowest BCUT2D eigenvalue weighted by Crippen LogP contribution is -2.22. The first-order valence-electron chi connectivity index (χ1n) is 9.70. The Bertz CT molecular complexity index is 1160. The van der Waals surface area contributed by atoms with Crippen molar-refractivity contribution in [2.75, 3.05) is 11.5 Å². The molecule has 10 heteroatoms. The number of nitrogens with zero attached hydrogens (tertiary/aromatic N) is 6. The smallest absolute Gasteiger partial charge is 0.422 e. The van der Waals surface area contributed by atoms with E-state index in [1.807, 2.05) is 66.7 Å². The summed E-state index contributed by atoms with van der Waals surface area (Å²) in [5.74, 6) is 0.145. The molecule has 2 aromatic carbocycles. The second-order valence-corrected chi connectivity index (χ2v) is 6.97. The molecule has 4 aromatic rings. The number of para-hydroxylation sites is 2. The minimum Gasteiger partial charge on any atom is -0.454 e.